The second-order valence-corrected chi connectivity index (χ2v) is 7.59. The number of rotatable bonds is 2. The van der Waals surface area contributed by atoms with E-state index in [1.165, 1.54) is 17.6 Å². The van der Waals surface area contributed by atoms with E-state index >= 15 is 0 Å². The van der Waals surface area contributed by atoms with Crippen LogP contribution in [-0.4, -0.2) is 21.7 Å². The van der Waals surface area contributed by atoms with Gasteiger partial charge in [-0.15, -0.1) is 0 Å². The molecule has 17 heavy (non-hydrogen) atoms. The lowest BCUT2D eigenvalue weighted by molar-refractivity contribution is 0.586. The Morgan fingerprint density at radius 3 is 2.18 bits per heavy atom. The molecule has 0 radical (unpaired) electrons. The Bertz CT molecular complexity index is 518. The zero-order chi connectivity index (χ0) is 13.4. The van der Waals surface area contributed by atoms with Crippen LogP contribution < -0.4 is 4.31 Å². The van der Waals surface area contributed by atoms with Gasteiger partial charge in [-0.3, -0.25) is 4.31 Å². The molecule has 0 saturated heterocycles. The average molecular weight is 276 g/mol. The molecule has 0 aromatic heterocycles. The summed E-state index contributed by atoms with van der Waals surface area (Å²) in [5, 5.41) is 0.531. The summed E-state index contributed by atoms with van der Waals surface area (Å²) in [6.07, 6.45) is 1.18. The third-order valence-electron chi connectivity index (χ3n) is 2.60. The number of benzene rings is 1. The van der Waals surface area contributed by atoms with Crippen LogP contribution in [0.15, 0.2) is 18.2 Å². The molecule has 5 heteroatoms. The molecule has 1 aromatic carbocycles. The van der Waals surface area contributed by atoms with Gasteiger partial charge in [0.05, 0.1) is 11.9 Å². The molecule has 0 N–H and O–H groups in total. The normalized spacial score (nSPS) is 12.6. The van der Waals surface area contributed by atoms with Crippen molar-refractivity contribution < 1.29 is 8.42 Å². The summed E-state index contributed by atoms with van der Waals surface area (Å²) in [4.78, 5) is 0. The number of hydrogen-bond acceptors (Lipinski definition) is 2. The van der Waals surface area contributed by atoms with Gasteiger partial charge in [0, 0.05) is 12.1 Å². The van der Waals surface area contributed by atoms with E-state index in [2.05, 4.69) is 0 Å². The molecule has 1 aromatic rings. The van der Waals surface area contributed by atoms with Gasteiger partial charge in [0.25, 0.3) is 0 Å². The number of halogens is 1. The fourth-order valence-corrected chi connectivity index (χ4v) is 2.25. The molecule has 0 fully saturated rings. The van der Waals surface area contributed by atoms with E-state index in [0.29, 0.717) is 10.7 Å². The molecule has 0 saturated carbocycles. The van der Waals surface area contributed by atoms with Crippen LogP contribution in [0.3, 0.4) is 0 Å². The first-order chi connectivity index (χ1) is 7.53. The van der Waals surface area contributed by atoms with Gasteiger partial charge in [0.1, 0.15) is 0 Å². The smallest absolute Gasteiger partial charge is 0.232 e. The van der Waals surface area contributed by atoms with Gasteiger partial charge in [0.2, 0.25) is 10.0 Å². The van der Waals surface area contributed by atoms with Crippen LogP contribution in [-0.2, 0) is 15.4 Å². The summed E-state index contributed by atoms with van der Waals surface area (Å²) in [5.74, 6) is 0. The van der Waals surface area contributed by atoms with Crippen molar-refractivity contribution in [2.24, 2.45) is 0 Å². The number of anilines is 1. The topological polar surface area (TPSA) is 37.4 Å². The SMILES string of the molecule is CN(c1cc(Cl)ccc1C(C)(C)C)S(C)(=O)=O. The summed E-state index contributed by atoms with van der Waals surface area (Å²) >= 11 is 5.94. The van der Waals surface area contributed by atoms with Gasteiger partial charge in [-0.25, -0.2) is 8.42 Å². The molecule has 0 amide bonds. The first-order valence-corrected chi connectivity index (χ1v) is 7.50. The van der Waals surface area contributed by atoms with E-state index in [1.54, 1.807) is 12.1 Å². The maximum absolute atomic E-state index is 11.6. The van der Waals surface area contributed by atoms with Gasteiger partial charge in [-0.05, 0) is 23.1 Å². The second kappa shape index (κ2) is 4.50. The number of hydrogen-bond donors (Lipinski definition) is 0. The van der Waals surface area contributed by atoms with E-state index in [1.807, 2.05) is 26.8 Å². The van der Waals surface area contributed by atoms with Crippen LogP contribution in [0.2, 0.25) is 5.02 Å². The largest absolute Gasteiger partial charge is 0.273 e. The third kappa shape index (κ3) is 3.36. The fraction of sp³-hybridized carbons (Fsp3) is 0.500. The Labute approximate surface area is 108 Å². The highest BCUT2D eigenvalue weighted by Crippen LogP contribution is 2.34. The van der Waals surface area contributed by atoms with Crippen LogP contribution in [0.25, 0.3) is 0 Å². The third-order valence-corrected chi connectivity index (χ3v) is 4.03. The summed E-state index contributed by atoms with van der Waals surface area (Å²) in [5.41, 5.74) is 1.45. The molecule has 0 atom stereocenters. The fourth-order valence-electron chi connectivity index (χ4n) is 1.58. The zero-order valence-electron chi connectivity index (χ0n) is 10.8. The number of sulfonamides is 1. The van der Waals surface area contributed by atoms with E-state index < -0.39 is 10.0 Å². The maximum atomic E-state index is 11.6. The molecule has 0 aliphatic heterocycles. The lowest BCUT2D eigenvalue weighted by Crippen LogP contribution is -2.28. The molecule has 0 heterocycles. The summed E-state index contributed by atoms with van der Waals surface area (Å²) in [7, 11) is -1.74. The predicted molar refractivity (Wildman–Crippen MR) is 73.4 cm³/mol. The van der Waals surface area contributed by atoms with Gasteiger partial charge in [0.15, 0.2) is 0 Å². The first kappa shape index (κ1) is 14.3. The highest BCUT2D eigenvalue weighted by molar-refractivity contribution is 7.92. The molecule has 0 unspecified atom stereocenters. The van der Waals surface area contributed by atoms with Crippen LogP contribution in [0.1, 0.15) is 26.3 Å². The van der Waals surface area contributed by atoms with E-state index in [0.717, 1.165) is 5.56 Å². The zero-order valence-corrected chi connectivity index (χ0v) is 12.4. The molecule has 0 aliphatic carbocycles. The molecule has 0 bridgehead atoms. The van der Waals surface area contributed by atoms with Crippen molar-refractivity contribution in [3.05, 3.63) is 28.8 Å². The molecular formula is C12H18ClNO2S. The van der Waals surface area contributed by atoms with E-state index in [-0.39, 0.29) is 5.41 Å². The Hall–Kier alpha value is -0.740. The predicted octanol–water partition coefficient (Wildman–Crippen LogP) is 3.03. The Balaban J connectivity index is 3.46. The van der Waals surface area contributed by atoms with Crippen molar-refractivity contribution >= 4 is 27.3 Å². The van der Waals surface area contributed by atoms with Crippen molar-refractivity contribution in [2.45, 2.75) is 26.2 Å². The van der Waals surface area contributed by atoms with Gasteiger partial charge in [-0.2, -0.15) is 0 Å². The number of nitrogens with zero attached hydrogens (tertiary/aromatic N) is 1. The average Bonchev–Trinajstić information content (AvgIpc) is 2.13. The van der Waals surface area contributed by atoms with Crippen molar-refractivity contribution in [2.75, 3.05) is 17.6 Å². The summed E-state index contributed by atoms with van der Waals surface area (Å²) in [6.45, 7) is 6.11. The van der Waals surface area contributed by atoms with Crippen LogP contribution in [0.5, 0.6) is 0 Å². The molecule has 0 spiro atoms. The first-order valence-electron chi connectivity index (χ1n) is 5.27. The molecule has 0 aliphatic rings. The Kier molecular flexibility index (Phi) is 3.79. The van der Waals surface area contributed by atoms with Crippen molar-refractivity contribution in [1.29, 1.82) is 0 Å². The molecular weight excluding hydrogens is 258 g/mol. The minimum atomic E-state index is -3.28. The summed E-state index contributed by atoms with van der Waals surface area (Å²) in [6, 6.07) is 5.34. The summed E-state index contributed by atoms with van der Waals surface area (Å²) < 4.78 is 24.5. The van der Waals surface area contributed by atoms with Crippen LogP contribution >= 0.6 is 11.6 Å². The molecule has 96 valence electrons. The van der Waals surface area contributed by atoms with Crippen LogP contribution in [0.4, 0.5) is 5.69 Å². The highest BCUT2D eigenvalue weighted by Gasteiger charge is 2.23. The lowest BCUT2D eigenvalue weighted by Gasteiger charge is -2.27. The minimum Gasteiger partial charge on any atom is -0.273 e. The monoisotopic (exact) mass is 275 g/mol. The molecule has 3 nitrogen and oxygen atoms in total. The lowest BCUT2D eigenvalue weighted by atomic mass is 9.86. The van der Waals surface area contributed by atoms with E-state index in [9.17, 15) is 8.42 Å². The minimum absolute atomic E-state index is 0.140. The quantitative estimate of drug-likeness (QED) is 0.832. The second-order valence-electron chi connectivity index (χ2n) is 5.14. The molecule has 1 rings (SSSR count). The Morgan fingerprint density at radius 2 is 1.76 bits per heavy atom. The van der Waals surface area contributed by atoms with Gasteiger partial charge < -0.3 is 0 Å². The highest BCUT2D eigenvalue weighted by atomic mass is 35.5. The van der Waals surface area contributed by atoms with Gasteiger partial charge >= 0.3 is 0 Å². The van der Waals surface area contributed by atoms with Crippen molar-refractivity contribution in [1.82, 2.24) is 0 Å². The van der Waals surface area contributed by atoms with Crippen LogP contribution in [0, 0.1) is 0 Å². The standard InChI is InChI=1S/C12H18ClNO2S/c1-12(2,3)10-7-6-9(13)8-11(10)14(4)17(5,15)16/h6-8H,1-5H3. The maximum Gasteiger partial charge on any atom is 0.232 e. The van der Waals surface area contributed by atoms with Crippen molar-refractivity contribution in [3.8, 4) is 0 Å². The van der Waals surface area contributed by atoms with Crippen molar-refractivity contribution in [3.63, 3.8) is 0 Å². The Morgan fingerprint density at radius 1 is 1.24 bits per heavy atom. The van der Waals surface area contributed by atoms with E-state index in [4.69, 9.17) is 11.6 Å². The van der Waals surface area contributed by atoms with Gasteiger partial charge in [-0.1, -0.05) is 38.4 Å².